The first-order valence-electron chi connectivity index (χ1n) is 10.8. The van der Waals surface area contributed by atoms with Crippen LogP contribution in [0.3, 0.4) is 0 Å². The number of aromatic nitrogens is 2. The molecule has 0 saturated heterocycles. The van der Waals surface area contributed by atoms with Crippen molar-refractivity contribution in [1.82, 2.24) is 9.78 Å². The highest BCUT2D eigenvalue weighted by Crippen LogP contribution is 2.44. The van der Waals surface area contributed by atoms with E-state index in [0.717, 1.165) is 29.9 Å². The minimum absolute atomic E-state index is 0.0598. The Bertz CT molecular complexity index is 1080. The van der Waals surface area contributed by atoms with Gasteiger partial charge >= 0.3 is 0 Å². The van der Waals surface area contributed by atoms with Crippen LogP contribution in [0, 0.1) is 0 Å². The van der Waals surface area contributed by atoms with E-state index >= 15 is 0 Å². The molecular formula is C24H28N4O. The second-order valence-corrected chi connectivity index (χ2v) is 8.49. The van der Waals surface area contributed by atoms with Crippen LogP contribution in [0.1, 0.15) is 57.6 Å². The average Bonchev–Trinajstić information content (AvgIpc) is 3.50. The van der Waals surface area contributed by atoms with E-state index < -0.39 is 0 Å². The second-order valence-electron chi connectivity index (χ2n) is 8.49. The number of anilines is 2. The molecule has 1 aliphatic carbocycles. The van der Waals surface area contributed by atoms with Crippen molar-refractivity contribution in [2.75, 3.05) is 10.6 Å². The molecule has 5 nitrogen and oxygen atoms in total. The van der Waals surface area contributed by atoms with Crippen molar-refractivity contribution in [1.29, 1.82) is 0 Å². The molecule has 2 aromatic carbocycles. The van der Waals surface area contributed by atoms with Crippen LogP contribution in [0.5, 0.6) is 0 Å². The number of carbonyl (C=O) groups excluding carboxylic acids is 1. The van der Waals surface area contributed by atoms with Crippen LogP contribution in [-0.4, -0.2) is 21.7 Å². The number of unbranched alkanes of at least 4 members (excludes halogenated alkanes) is 1. The van der Waals surface area contributed by atoms with E-state index in [1.807, 2.05) is 12.1 Å². The quantitative estimate of drug-likeness (QED) is 0.605. The van der Waals surface area contributed by atoms with Crippen LogP contribution in [0.4, 0.5) is 11.4 Å². The van der Waals surface area contributed by atoms with Crippen molar-refractivity contribution < 1.29 is 4.79 Å². The second kappa shape index (κ2) is 7.21. The maximum Gasteiger partial charge on any atom is 0.226 e. The first-order valence-corrected chi connectivity index (χ1v) is 10.8. The number of hydrogen-bond donors (Lipinski definition) is 2. The number of aryl methyl sites for hydroxylation is 1. The summed E-state index contributed by atoms with van der Waals surface area (Å²) in [5.74, 6) is 0.672. The molecule has 3 aromatic rings. The molecule has 2 aliphatic rings. The third kappa shape index (κ3) is 3.39. The van der Waals surface area contributed by atoms with Gasteiger partial charge in [-0.1, -0.05) is 31.5 Å². The van der Waals surface area contributed by atoms with E-state index in [-0.39, 0.29) is 11.9 Å². The summed E-state index contributed by atoms with van der Waals surface area (Å²) < 4.78 is 2.20. The largest absolute Gasteiger partial charge is 0.380 e. The molecule has 1 atom stereocenters. The van der Waals surface area contributed by atoms with Crippen molar-refractivity contribution in [3.8, 4) is 11.1 Å². The van der Waals surface area contributed by atoms with Crippen LogP contribution in [0.25, 0.3) is 22.0 Å². The monoisotopic (exact) mass is 388 g/mol. The van der Waals surface area contributed by atoms with Crippen molar-refractivity contribution in [3.63, 3.8) is 0 Å². The maximum atomic E-state index is 12.1. The highest BCUT2D eigenvalue weighted by atomic mass is 16.1. The standard InChI is InChI=1S/C24H28N4O/c1-3-4-12-28-21-11-10-17(14-19(21)23(27-28)16-8-9-16)18-6-5-7-20-24(18)25-15(2)13-22(29)26-20/h5-7,10-11,14-16,25H,3-4,8-9,12-13H2,1-2H3,(H,26,29). The number of nitrogens with one attached hydrogen (secondary N) is 2. The highest BCUT2D eigenvalue weighted by molar-refractivity contribution is 6.01. The minimum Gasteiger partial charge on any atom is -0.380 e. The van der Waals surface area contributed by atoms with E-state index in [0.29, 0.717) is 12.3 Å². The topological polar surface area (TPSA) is 59.0 Å². The van der Waals surface area contributed by atoms with Gasteiger partial charge in [0.05, 0.1) is 22.6 Å². The fraction of sp³-hybridized carbons (Fsp3) is 0.417. The van der Waals surface area contributed by atoms with Gasteiger partial charge in [0.25, 0.3) is 0 Å². The Morgan fingerprint density at radius 3 is 2.86 bits per heavy atom. The molecule has 1 saturated carbocycles. The Balaban J connectivity index is 1.62. The van der Waals surface area contributed by atoms with E-state index in [9.17, 15) is 4.79 Å². The molecule has 5 rings (SSSR count). The van der Waals surface area contributed by atoms with Crippen LogP contribution < -0.4 is 10.6 Å². The highest BCUT2D eigenvalue weighted by Gasteiger charge is 2.29. The third-order valence-corrected chi connectivity index (χ3v) is 6.00. The van der Waals surface area contributed by atoms with Crippen LogP contribution in [-0.2, 0) is 11.3 Å². The number of nitrogens with zero attached hydrogens (tertiary/aromatic N) is 2. The molecule has 0 spiro atoms. The van der Waals surface area contributed by atoms with Crippen molar-refractivity contribution >= 4 is 28.2 Å². The van der Waals surface area contributed by atoms with Gasteiger partial charge in [0.1, 0.15) is 0 Å². The number of benzene rings is 2. The summed E-state index contributed by atoms with van der Waals surface area (Å²) in [5, 5.41) is 12.9. The Labute approximate surface area is 171 Å². The lowest BCUT2D eigenvalue weighted by Crippen LogP contribution is -2.19. The summed E-state index contributed by atoms with van der Waals surface area (Å²) in [6.45, 7) is 5.25. The molecule has 2 heterocycles. The molecule has 150 valence electrons. The van der Waals surface area contributed by atoms with Gasteiger partial charge in [0, 0.05) is 35.9 Å². The Hall–Kier alpha value is -2.82. The predicted molar refractivity (Wildman–Crippen MR) is 118 cm³/mol. The molecule has 1 unspecified atom stereocenters. The molecule has 5 heteroatoms. The fourth-order valence-electron chi connectivity index (χ4n) is 4.34. The SMILES string of the molecule is CCCCn1nc(C2CC2)c2cc(-c3cccc4c3NC(C)CC(=O)N4)ccc21. The van der Waals surface area contributed by atoms with E-state index in [2.05, 4.69) is 53.4 Å². The number of para-hydroxylation sites is 1. The summed E-state index contributed by atoms with van der Waals surface area (Å²) in [7, 11) is 0. The number of carbonyl (C=O) groups is 1. The molecule has 2 N–H and O–H groups in total. The molecule has 1 aromatic heterocycles. The summed E-state index contributed by atoms with van der Waals surface area (Å²) in [4.78, 5) is 12.1. The van der Waals surface area contributed by atoms with Gasteiger partial charge in [-0.15, -0.1) is 0 Å². The Morgan fingerprint density at radius 1 is 1.21 bits per heavy atom. The molecule has 0 radical (unpaired) electrons. The zero-order valence-electron chi connectivity index (χ0n) is 17.2. The first-order chi connectivity index (χ1) is 14.1. The van der Waals surface area contributed by atoms with E-state index in [4.69, 9.17) is 5.10 Å². The molecular weight excluding hydrogens is 360 g/mol. The molecule has 29 heavy (non-hydrogen) atoms. The fourth-order valence-corrected chi connectivity index (χ4v) is 4.34. The van der Waals surface area contributed by atoms with Crippen LogP contribution in [0.2, 0.25) is 0 Å². The van der Waals surface area contributed by atoms with Gasteiger partial charge < -0.3 is 10.6 Å². The molecule has 1 amide bonds. The normalized spacial score (nSPS) is 18.8. The zero-order valence-corrected chi connectivity index (χ0v) is 17.2. The van der Waals surface area contributed by atoms with Gasteiger partial charge in [-0.05, 0) is 49.9 Å². The van der Waals surface area contributed by atoms with Crippen molar-refractivity contribution in [2.24, 2.45) is 0 Å². The zero-order chi connectivity index (χ0) is 20.0. The smallest absolute Gasteiger partial charge is 0.226 e. The lowest BCUT2D eigenvalue weighted by molar-refractivity contribution is -0.116. The van der Waals surface area contributed by atoms with Gasteiger partial charge in [-0.25, -0.2) is 0 Å². The van der Waals surface area contributed by atoms with Gasteiger partial charge in [-0.3, -0.25) is 9.48 Å². The molecule has 1 fully saturated rings. The van der Waals surface area contributed by atoms with E-state index in [1.54, 1.807) is 0 Å². The molecule has 0 bridgehead atoms. The summed E-state index contributed by atoms with van der Waals surface area (Å²) in [6.07, 6.45) is 5.29. The Morgan fingerprint density at radius 2 is 2.07 bits per heavy atom. The lowest BCUT2D eigenvalue weighted by atomic mass is 9.99. The molecule has 1 aliphatic heterocycles. The van der Waals surface area contributed by atoms with Crippen molar-refractivity contribution in [2.45, 2.75) is 64.5 Å². The first kappa shape index (κ1) is 18.2. The van der Waals surface area contributed by atoms with Gasteiger partial charge in [0.15, 0.2) is 0 Å². The summed E-state index contributed by atoms with van der Waals surface area (Å²) in [6, 6.07) is 12.9. The number of rotatable bonds is 5. The number of hydrogen-bond acceptors (Lipinski definition) is 3. The van der Waals surface area contributed by atoms with Gasteiger partial charge in [0.2, 0.25) is 5.91 Å². The average molecular weight is 389 g/mol. The van der Waals surface area contributed by atoms with Crippen LogP contribution >= 0.6 is 0 Å². The van der Waals surface area contributed by atoms with Gasteiger partial charge in [-0.2, -0.15) is 5.10 Å². The maximum absolute atomic E-state index is 12.1. The minimum atomic E-state index is 0.0598. The Kier molecular flexibility index (Phi) is 4.53. The summed E-state index contributed by atoms with van der Waals surface area (Å²) in [5.41, 5.74) is 6.66. The number of fused-ring (bicyclic) bond motifs is 2. The summed E-state index contributed by atoms with van der Waals surface area (Å²) >= 11 is 0. The van der Waals surface area contributed by atoms with Crippen LogP contribution in [0.15, 0.2) is 36.4 Å². The lowest BCUT2D eigenvalue weighted by Gasteiger charge is -2.17. The van der Waals surface area contributed by atoms with E-state index in [1.165, 1.54) is 41.4 Å². The number of amides is 1. The van der Waals surface area contributed by atoms with Crippen molar-refractivity contribution in [3.05, 3.63) is 42.1 Å². The predicted octanol–water partition coefficient (Wildman–Crippen LogP) is 5.52. The third-order valence-electron chi connectivity index (χ3n) is 6.00.